The molecule has 0 radical (unpaired) electrons. The zero-order chi connectivity index (χ0) is 12.8. The molecule has 0 unspecified atom stereocenters. The van der Waals surface area contributed by atoms with Gasteiger partial charge in [0.05, 0.1) is 5.56 Å². The molecule has 0 aliphatic heterocycles. The van der Waals surface area contributed by atoms with Gasteiger partial charge < -0.3 is 5.32 Å². The molecule has 4 nitrogen and oxygen atoms in total. The maximum atomic E-state index is 11.8. The lowest BCUT2D eigenvalue weighted by Gasteiger charge is -2.10. The second kappa shape index (κ2) is 6.36. The quantitative estimate of drug-likeness (QED) is 0.444. The van der Waals surface area contributed by atoms with Crippen molar-refractivity contribution in [3.05, 3.63) is 34.0 Å². The molecule has 0 aliphatic carbocycles. The van der Waals surface area contributed by atoms with Gasteiger partial charge in [0.2, 0.25) is 0 Å². The number of carbonyl (C=O) groups is 1. The first-order valence-electron chi connectivity index (χ1n) is 5.06. The molecule has 0 saturated carbocycles. The molecule has 17 heavy (non-hydrogen) atoms. The van der Waals surface area contributed by atoms with Gasteiger partial charge in [-0.3, -0.25) is 15.6 Å². The lowest BCUT2D eigenvalue weighted by molar-refractivity contribution is 0.0943. The molecule has 1 aromatic heterocycles. The third kappa shape index (κ3) is 3.83. The van der Waals surface area contributed by atoms with Gasteiger partial charge in [-0.1, -0.05) is 6.08 Å². The summed E-state index contributed by atoms with van der Waals surface area (Å²) in [7, 11) is 0. The summed E-state index contributed by atoms with van der Waals surface area (Å²) in [4.78, 5) is 12.9. The van der Waals surface area contributed by atoms with Crippen molar-refractivity contribution in [1.82, 2.24) is 16.2 Å². The third-order valence-corrected chi connectivity index (χ3v) is 3.49. The molecule has 0 spiro atoms. The number of hydrazine groups is 1. The monoisotopic (exact) mass is 269 g/mol. The van der Waals surface area contributed by atoms with Crippen LogP contribution in [0.3, 0.4) is 0 Å². The van der Waals surface area contributed by atoms with E-state index < -0.39 is 0 Å². The Bertz CT molecular complexity index is 440. The van der Waals surface area contributed by atoms with Crippen LogP contribution in [0.15, 0.2) is 18.0 Å². The molecule has 92 valence electrons. The maximum absolute atomic E-state index is 11.8. The molecule has 1 amide bonds. The number of thiophene rings is 1. The number of aryl methyl sites for hydroxylation is 1. The van der Waals surface area contributed by atoms with Crippen LogP contribution in [0.25, 0.3) is 0 Å². The number of rotatable bonds is 3. The van der Waals surface area contributed by atoms with E-state index in [1.165, 1.54) is 0 Å². The van der Waals surface area contributed by atoms with Crippen LogP contribution in [0.1, 0.15) is 20.8 Å². The number of hydrogen-bond acceptors (Lipinski definition) is 3. The van der Waals surface area contributed by atoms with Crippen molar-refractivity contribution in [3.63, 3.8) is 0 Å². The lowest BCUT2D eigenvalue weighted by Crippen LogP contribution is -2.46. The van der Waals surface area contributed by atoms with Gasteiger partial charge in [-0.2, -0.15) is 0 Å². The second-order valence-corrected chi connectivity index (χ2v) is 4.90. The SMILES string of the molecule is C=CCNC(=S)NNC(=O)c1csc(C)c1C. The molecule has 0 aromatic carbocycles. The summed E-state index contributed by atoms with van der Waals surface area (Å²) in [6.45, 7) is 8.02. The molecule has 0 atom stereocenters. The van der Waals surface area contributed by atoms with E-state index in [9.17, 15) is 4.79 Å². The van der Waals surface area contributed by atoms with Gasteiger partial charge >= 0.3 is 0 Å². The van der Waals surface area contributed by atoms with Gasteiger partial charge in [-0.25, -0.2) is 0 Å². The normalized spacial score (nSPS) is 9.53. The van der Waals surface area contributed by atoms with Crippen molar-refractivity contribution in [2.24, 2.45) is 0 Å². The Labute approximate surface area is 110 Å². The van der Waals surface area contributed by atoms with Gasteiger partial charge in [0.1, 0.15) is 0 Å². The molecule has 1 heterocycles. The number of amides is 1. The van der Waals surface area contributed by atoms with Crippen molar-refractivity contribution in [3.8, 4) is 0 Å². The van der Waals surface area contributed by atoms with Gasteiger partial charge in [-0.05, 0) is 31.6 Å². The molecular formula is C11H15N3OS2. The summed E-state index contributed by atoms with van der Waals surface area (Å²) in [6, 6.07) is 0. The van der Waals surface area contributed by atoms with E-state index in [2.05, 4.69) is 22.7 Å². The second-order valence-electron chi connectivity index (χ2n) is 3.41. The predicted octanol–water partition coefficient (Wildman–Crippen LogP) is 1.66. The average Bonchev–Trinajstić information content (AvgIpc) is 2.64. The molecule has 1 rings (SSSR count). The van der Waals surface area contributed by atoms with E-state index in [0.29, 0.717) is 17.2 Å². The van der Waals surface area contributed by atoms with E-state index >= 15 is 0 Å². The predicted molar refractivity (Wildman–Crippen MR) is 75.2 cm³/mol. The number of thiocarbonyl (C=S) groups is 1. The maximum Gasteiger partial charge on any atom is 0.270 e. The Kier molecular flexibility index (Phi) is 5.11. The number of nitrogens with one attached hydrogen (secondary N) is 3. The van der Waals surface area contributed by atoms with Crippen molar-refractivity contribution in [1.29, 1.82) is 0 Å². The molecule has 6 heteroatoms. The summed E-state index contributed by atoms with van der Waals surface area (Å²) in [5.41, 5.74) is 6.84. The Balaban J connectivity index is 2.48. The molecule has 0 bridgehead atoms. The minimum Gasteiger partial charge on any atom is -0.358 e. The highest BCUT2D eigenvalue weighted by Gasteiger charge is 2.11. The zero-order valence-corrected chi connectivity index (χ0v) is 11.4. The van der Waals surface area contributed by atoms with Crippen LogP contribution in [0.2, 0.25) is 0 Å². The van der Waals surface area contributed by atoms with Gasteiger partial charge in [-0.15, -0.1) is 17.9 Å². The van der Waals surface area contributed by atoms with Crippen molar-refractivity contribution in [2.75, 3.05) is 6.54 Å². The average molecular weight is 269 g/mol. The van der Waals surface area contributed by atoms with Crippen LogP contribution < -0.4 is 16.2 Å². The highest BCUT2D eigenvalue weighted by atomic mass is 32.1. The van der Waals surface area contributed by atoms with Crippen LogP contribution in [-0.2, 0) is 0 Å². The number of hydrogen-bond donors (Lipinski definition) is 3. The first-order valence-corrected chi connectivity index (χ1v) is 6.34. The zero-order valence-electron chi connectivity index (χ0n) is 9.79. The van der Waals surface area contributed by atoms with Crippen LogP contribution >= 0.6 is 23.6 Å². The minimum absolute atomic E-state index is 0.186. The Morgan fingerprint density at radius 2 is 2.24 bits per heavy atom. The first-order chi connectivity index (χ1) is 8.06. The fraction of sp³-hybridized carbons (Fsp3) is 0.273. The standard InChI is InChI=1S/C11H15N3OS2/c1-4-5-12-11(16)14-13-10(15)9-6-17-8(3)7(9)2/h4,6H,1,5H2,2-3H3,(H,13,15)(H2,12,14,16). The largest absolute Gasteiger partial charge is 0.358 e. The summed E-state index contributed by atoms with van der Waals surface area (Å²) >= 11 is 6.50. The van der Waals surface area contributed by atoms with Gasteiger partial charge in [0.25, 0.3) is 5.91 Å². The van der Waals surface area contributed by atoms with Crippen molar-refractivity contribution in [2.45, 2.75) is 13.8 Å². The fourth-order valence-electron chi connectivity index (χ4n) is 1.13. The minimum atomic E-state index is -0.186. The summed E-state index contributed by atoms with van der Waals surface area (Å²) in [5, 5.41) is 5.05. The lowest BCUT2D eigenvalue weighted by atomic mass is 10.2. The summed E-state index contributed by atoms with van der Waals surface area (Å²) in [5.74, 6) is -0.186. The van der Waals surface area contributed by atoms with Gasteiger partial charge in [0.15, 0.2) is 5.11 Å². The molecule has 0 fully saturated rings. The van der Waals surface area contributed by atoms with Crippen LogP contribution in [-0.4, -0.2) is 17.6 Å². The number of carbonyl (C=O) groups excluding carboxylic acids is 1. The van der Waals surface area contributed by atoms with Crippen LogP contribution in [0.5, 0.6) is 0 Å². The van der Waals surface area contributed by atoms with E-state index in [-0.39, 0.29) is 5.91 Å². The van der Waals surface area contributed by atoms with Crippen molar-refractivity contribution >= 4 is 34.6 Å². The smallest absolute Gasteiger partial charge is 0.270 e. The topological polar surface area (TPSA) is 53.2 Å². The first kappa shape index (κ1) is 13.7. The van der Waals surface area contributed by atoms with Crippen LogP contribution in [0.4, 0.5) is 0 Å². The fourth-order valence-corrected chi connectivity index (χ4v) is 2.13. The molecule has 0 saturated heterocycles. The summed E-state index contributed by atoms with van der Waals surface area (Å²) in [6.07, 6.45) is 1.68. The molecule has 1 aromatic rings. The van der Waals surface area contributed by atoms with E-state index in [1.54, 1.807) is 17.4 Å². The highest BCUT2D eigenvalue weighted by Crippen LogP contribution is 2.19. The van der Waals surface area contributed by atoms with E-state index in [0.717, 1.165) is 10.4 Å². The highest BCUT2D eigenvalue weighted by molar-refractivity contribution is 7.80. The van der Waals surface area contributed by atoms with Crippen LogP contribution in [0, 0.1) is 13.8 Å². The Hall–Kier alpha value is -1.40. The van der Waals surface area contributed by atoms with Gasteiger partial charge in [0, 0.05) is 16.8 Å². The Morgan fingerprint density at radius 1 is 1.53 bits per heavy atom. The van der Waals surface area contributed by atoms with Crippen molar-refractivity contribution < 1.29 is 4.79 Å². The molecule has 0 aliphatic rings. The Morgan fingerprint density at radius 3 is 2.76 bits per heavy atom. The van der Waals surface area contributed by atoms with E-state index in [1.807, 2.05) is 19.2 Å². The third-order valence-electron chi connectivity index (χ3n) is 2.23. The molecular weight excluding hydrogens is 254 g/mol. The van der Waals surface area contributed by atoms with E-state index in [4.69, 9.17) is 12.2 Å². The molecule has 3 N–H and O–H groups in total. The summed E-state index contributed by atoms with van der Waals surface area (Å²) < 4.78 is 0.